The highest BCUT2D eigenvalue weighted by Gasteiger charge is 2.39. The van der Waals surface area contributed by atoms with Crippen molar-refractivity contribution in [1.82, 2.24) is 10.6 Å². The van der Waals surface area contributed by atoms with Crippen LogP contribution in [0.25, 0.3) is 23.3 Å². The van der Waals surface area contributed by atoms with E-state index in [1.54, 1.807) is 0 Å². The van der Waals surface area contributed by atoms with Crippen LogP contribution in [0.3, 0.4) is 0 Å². The number of carbonyl (C=O) groups is 10. The van der Waals surface area contributed by atoms with E-state index in [1.807, 2.05) is 0 Å². The van der Waals surface area contributed by atoms with E-state index in [0.29, 0.717) is 24.0 Å². The minimum absolute atomic E-state index is 0.00327. The fourth-order valence-electron chi connectivity index (χ4n) is 11.8. The van der Waals surface area contributed by atoms with Gasteiger partial charge in [0.1, 0.15) is 19.5 Å². The van der Waals surface area contributed by atoms with Gasteiger partial charge >= 0.3 is 104 Å². The van der Waals surface area contributed by atoms with Gasteiger partial charge in [0, 0.05) is 33.3 Å². The largest absolute Gasteiger partial charge is 0.481 e. The third-order valence-electron chi connectivity index (χ3n) is 18.5. The van der Waals surface area contributed by atoms with Gasteiger partial charge in [-0.2, -0.15) is 132 Å². The second-order valence-electron chi connectivity index (χ2n) is 29.7. The highest BCUT2D eigenvalue weighted by atomic mass is 19.4. The quantitative estimate of drug-likeness (QED) is 0.00581. The molecule has 0 bridgehead atoms. The van der Waals surface area contributed by atoms with E-state index in [2.05, 4.69) is 15.4 Å². The molecule has 2 unspecified atom stereocenters. The van der Waals surface area contributed by atoms with E-state index in [4.69, 9.17) is 14.6 Å². The Morgan fingerprint density at radius 1 is 0.310 bits per heavy atom. The minimum atomic E-state index is -4.61. The Balaban J connectivity index is 0.000000366. The first kappa shape index (κ1) is 122. The Morgan fingerprint density at radius 3 is 0.883 bits per heavy atom. The summed E-state index contributed by atoms with van der Waals surface area (Å²) in [6.45, 7) is 4.46. The molecule has 780 valence electrons. The maximum atomic E-state index is 13.0. The lowest BCUT2D eigenvalue weighted by molar-refractivity contribution is -0.157. The number of carboxylic acid groups (broad SMARTS) is 3. The van der Waals surface area contributed by atoms with Crippen LogP contribution in [-0.2, 0) is 138 Å². The predicted molar refractivity (Wildman–Crippen MR) is 457 cm³/mol. The molecule has 0 radical (unpaired) electrons. The minimum Gasteiger partial charge on any atom is -0.481 e. The molecular formula is C97H76F30N2O16. The van der Waals surface area contributed by atoms with Gasteiger partial charge in [-0.1, -0.05) is 133 Å². The lowest BCUT2D eigenvalue weighted by atomic mass is 9.90. The van der Waals surface area contributed by atoms with Gasteiger partial charge in [0.15, 0.2) is 0 Å². The average molecular weight is 2100 g/mol. The van der Waals surface area contributed by atoms with E-state index in [9.17, 15) is 190 Å². The summed E-state index contributed by atoms with van der Waals surface area (Å²) in [6, 6.07) is 39.1. The highest BCUT2D eigenvalue weighted by Crippen LogP contribution is 2.41. The molecule has 2 amide bonds. The molecule has 0 aromatic heterocycles. The third-order valence-corrected chi connectivity index (χ3v) is 18.5. The van der Waals surface area contributed by atoms with Crippen molar-refractivity contribution in [1.29, 1.82) is 0 Å². The van der Waals surface area contributed by atoms with Crippen molar-refractivity contribution >= 4 is 83.2 Å². The van der Waals surface area contributed by atoms with Crippen molar-refractivity contribution < 1.29 is 209 Å². The molecular weight excluding hydrogens is 2020 g/mol. The van der Waals surface area contributed by atoms with Gasteiger partial charge in [0.2, 0.25) is 11.8 Å². The van der Waals surface area contributed by atoms with E-state index in [0.717, 1.165) is 200 Å². The van der Waals surface area contributed by atoms with Crippen LogP contribution in [0.15, 0.2) is 243 Å². The smallest absolute Gasteiger partial charge is 0.416 e. The molecule has 10 aromatic rings. The molecule has 0 aliphatic rings. The summed E-state index contributed by atoms with van der Waals surface area (Å²) in [6.07, 6.45) is -43.7. The summed E-state index contributed by atoms with van der Waals surface area (Å²) in [7, 11) is 0. The summed E-state index contributed by atoms with van der Waals surface area (Å²) in [5.41, 5.74) is -8.88. The van der Waals surface area contributed by atoms with E-state index in [-0.39, 0.29) is 113 Å². The lowest BCUT2D eigenvalue weighted by Gasteiger charge is -2.18. The molecule has 145 heavy (non-hydrogen) atoms. The number of alkyl halides is 30. The number of rotatable bonds is 23. The second kappa shape index (κ2) is 53.1. The van der Waals surface area contributed by atoms with Gasteiger partial charge in [-0.05, 0) is 184 Å². The van der Waals surface area contributed by atoms with Crippen LogP contribution < -0.4 is 10.6 Å². The monoisotopic (exact) mass is 2090 g/mol. The molecule has 0 aliphatic carbocycles. The van der Waals surface area contributed by atoms with E-state index in [1.165, 1.54) is 70.2 Å². The third kappa shape index (κ3) is 44.0. The molecule has 0 spiro atoms. The molecule has 0 heterocycles. The zero-order valence-electron chi connectivity index (χ0n) is 74.4. The molecule has 10 rings (SSSR count). The number of ether oxygens (including phenoxy) is 3. The number of hydrogen-bond donors (Lipinski definition) is 5. The summed E-state index contributed by atoms with van der Waals surface area (Å²) in [4.78, 5) is 110. The number of halogens is 30. The van der Waals surface area contributed by atoms with Gasteiger partial charge < -0.3 is 40.2 Å². The fourth-order valence-corrected chi connectivity index (χ4v) is 11.8. The standard InChI is InChI=1S/C21H19F6NO3.C21H17F6NO3.C17H12F6O2.C17H10F6O2.C9H7F3O2.C8H5F3O.C4H6O3/c2*1-13(29)28-9-10-31-19(30)18(15-5-7-16(8-6-15)20(22,23)24)12-14-3-2-4-17(11-14)21(25,26)27;2*18-16(19,20)12-6-4-11(5-7-12)14(15(24)25)9-10-2-1-3-13(8-10)17(21,22)23;10-9(11,12)7-3-1-6(2-4-7)5-8(13)14;9-8(10,11)7-3-1-2-6(4-7)5-12;1-3(5)7-4(2)6/h2-8,11,18H,9-10,12H2,1H3,(H,28,29);2-8,11-12H,9-10H2,1H3,(H,28,29);1-8,14H,9H2,(H,24,25);1-9H,(H,24,25);1-4H,5H2,(H,13,14);1-5H;1-2H3/b;;;14-9-;;;. The second-order valence-corrected chi connectivity index (χ2v) is 29.7. The number of amides is 2. The molecule has 18 nitrogen and oxygen atoms in total. The number of carbonyl (C=O) groups excluding carboxylic acids is 7. The normalized spacial score (nSPS) is 12.4. The SMILES string of the molecule is CC(=O)NCCOC(=O)C(=Cc1cccc(C(F)(F)F)c1)c1ccc(C(F)(F)F)cc1.CC(=O)NCCOC(=O)C(Cc1cccc(C(F)(F)F)c1)c1ccc(C(F)(F)F)cc1.CC(=O)OC(C)=O.O=C(O)/C(=C\c1cccc(C(F)(F)F)c1)c1ccc(C(F)(F)F)cc1.O=C(O)C(Cc1cccc(C(F)(F)F)c1)c1ccc(C(F)(F)F)cc1.O=C(O)Cc1ccc(C(F)(F)F)cc1.O=Cc1cccc(C(F)(F)F)c1. The van der Waals surface area contributed by atoms with Gasteiger partial charge in [0.05, 0.1) is 98.1 Å². The molecule has 0 saturated carbocycles. The van der Waals surface area contributed by atoms with Gasteiger partial charge in [-0.3, -0.25) is 38.4 Å². The molecule has 2 atom stereocenters. The van der Waals surface area contributed by atoms with E-state index >= 15 is 0 Å². The summed E-state index contributed by atoms with van der Waals surface area (Å²) in [5, 5.41) is 31.7. The van der Waals surface area contributed by atoms with Crippen LogP contribution in [-0.4, -0.2) is 102 Å². The first-order valence-corrected chi connectivity index (χ1v) is 40.6. The van der Waals surface area contributed by atoms with Gasteiger partial charge in [0.25, 0.3) is 0 Å². The Hall–Kier alpha value is -15.3. The fraction of sp³-hybridized carbons (Fsp3) is 0.237. The predicted octanol–water partition coefficient (Wildman–Crippen LogP) is 25.1. The molecule has 0 saturated heterocycles. The van der Waals surface area contributed by atoms with E-state index < -0.39 is 177 Å². The summed E-state index contributed by atoms with van der Waals surface area (Å²) < 4.78 is 392. The number of aliphatic carboxylic acids is 3. The first-order valence-electron chi connectivity index (χ1n) is 40.6. The number of aldehydes is 1. The lowest BCUT2D eigenvalue weighted by Crippen LogP contribution is -2.27. The highest BCUT2D eigenvalue weighted by molar-refractivity contribution is 6.22. The topological polar surface area (TPSA) is 283 Å². The number of benzene rings is 10. The Labute approximate surface area is 801 Å². The van der Waals surface area contributed by atoms with Crippen molar-refractivity contribution in [2.24, 2.45) is 0 Å². The van der Waals surface area contributed by atoms with Crippen LogP contribution in [0.5, 0.6) is 0 Å². The zero-order chi connectivity index (χ0) is 110. The summed E-state index contributed by atoms with van der Waals surface area (Å²) >= 11 is 0. The Morgan fingerprint density at radius 2 is 0.586 bits per heavy atom. The van der Waals surface area contributed by atoms with Crippen LogP contribution in [0.2, 0.25) is 0 Å². The molecule has 0 aliphatic heterocycles. The number of carboxylic acids is 3. The van der Waals surface area contributed by atoms with Gasteiger partial charge in [-0.15, -0.1) is 0 Å². The Bertz CT molecular complexity index is 6070. The molecule has 0 fully saturated rings. The first-order chi connectivity index (χ1) is 66.8. The number of esters is 4. The number of hydrogen-bond acceptors (Lipinski definition) is 13. The van der Waals surface area contributed by atoms with Gasteiger partial charge in [-0.25, -0.2) is 9.59 Å². The Kier molecular flexibility index (Phi) is 44.7. The number of nitrogens with one attached hydrogen (secondary N) is 2. The maximum Gasteiger partial charge on any atom is 0.416 e. The average Bonchev–Trinajstić information content (AvgIpc) is 0.828. The van der Waals surface area contributed by atoms with Crippen LogP contribution >= 0.6 is 0 Å². The molecule has 48 heteroatoms. The maximum absolute atomic E-state index is 13.0. The van der Waals surface area contributed by atoms with Crippen molar-refractivity contribution in [3.8, 4) is 0 Å². The van der Waals surface area contributed by atoms with Crippen LogP contribution in [0.1, 0.15) is 156 Å². The molecule has 5 N–H and O–H groups in total. The van der Waals surface area contributed by atoms with Crippen molar-refractivity contribution in [3.05, 3.63) is 354 Å². The van der Waals surface area contributed by atoms with Crippen molar-refractivity contribution in [2.45, 2.75) is 121 Å². The summed E-state index contributed by atoms with van der Waals surface area (Å²) in [5.74, 6) is -9.91. The van der Waals surface area contributed by atoms with Crippen molar-refractivity contribution in [3.63, 3.8) is 0 Å². The van der Waals surface area contributed by atoms with Crippen LogP contribution in [0.4, 0.5) is 132 Å². The van der Waals surface area contributed by atoms with Crippen LogP contribution in [0, 0.1) is 0 Å². The van der Waals surface area contributed by atoms with Crippen molar-refractivity contribution in [2.75, 3.05) is 26.3 Å². The molecule has 10 aromatic carbocycles. The zero-order valence-corrected chi connectivity index (χ0v) is 74.4.